The van der Waals surface area contributed by atoms with Gasteiger partial charge in [-0.15, -0.1) is 0 Å². The standard InChI is InChI=1S/C15H12Cl2N2O3/c16-11-1-4-13(5-2-11)22-9-15(21)19-18-8-10-7-12(17)3-6-14(10)20/h1-8,20H,9H2,(H,19,21)/b18-8-. The van der Waals surface area contributed by atoms with E-state index < -0.39 is 5.91 Å². The quantitative estimate of drug-likeness (QED) is 0.649. The fourth-order valence-corrected chi connectivity index (χ4v) is 1.82. The number of ether oxygens (including phenoxy) is 1. The van der Waals surface area contributed by atoms with Crippen molar-refractivity contribution in [3.05, 3.63) is 58.1 Å². The number of hydrogen-bond acceptors (Lipinski definition) is 4. The van der Waals surface area contributed by atoms with Gasteiger partial charge >= 0.3 is 0 Å². The first-order chi connectivity index (χ1) is 10.5. The second-order valence-electron chi connectivity index (χ2n) is 4.24. The first kappa shape index (κ1) is 16.1. The van der Waals surface area contributed by atoms with Gasteiger partial charge in [0.15, 0.2) is 6.61 Å². The van der Waals surface area contributed by atoms with Crippen LogP contribution in [0.5, 0.6) is 11.5 Å². The molecule has 7 heteroatoms. The lowest BCUT2D eigenvalue weighted by molar-refractivity contribution is -0.123. The summed E-state index contributed by atoms with van der Waals surface area (Å²) >= 11 is 11.5. The van der Waals surface area contributed by atoms with E-state index in [1.54, 1.807) is 30.3 Å². The normalized spacial score (nSPS) is 10.6. The van der Waals surface area contributed by atoms with Crippen LogP contribution < -0.4 is 10.2 Å². The summed E-state index contributed by atoms with van der Waals surface area (Å²) in [6.45, 7) is -0.194. The van der Waals surface area contributed by atoms with Crippen molar-refractivity contribution in [1.82, 2.24) is 5.43 Å². The lowest BCUT2D eigenvalue weighted by Crippen LogP contribution is -2.24. The Balaban J connectivity index is 1.83. The minimum absolute atomic E-state index is 0.0137. The third-order valence-electron chi connectivity index (χ3n) is 2.57. The number of halogens is 2. The number of carbonyl (C=O) groups excluding carboxylic acids is 1. The van der Waals surface area contributed by atoms with E-state index >= 15 is 0 Å². The van der Waals surface area contributed by atoms with Crippen molar-refractivity contribution < 1.29 is 14.6 Å². The largest absolute Gasteiger partial charge is 0.507 e. The number of benzene rings is 2. The molecule has 0 heterocycles. The highest BCUT2D eigenvalue weighted by molar-refractivity contribution is 6.31. The van der Waals surface area contributed by atoms with Crippen LogP contribution in [0.2, 0.25) is 10.0 Å². The molecule has 2 N–H and O–H groups in total. The second-order valence-corrected chi connectivity index (χ2v) is 5.11. The van der Waals surface area contributed by atoms with Crippen LogP contribution >= 0.6 is 23.2 Å². The van der Waals surface area contributed by atoms with E-state index in [0.717, 1.165) is 0 Å². The van der Waals surface area contributed by atoms with E-state index in [1.807, 2.05) is 0 Å². The van der Waals surface area contributed by atoms with Gasteiger partial charge in [0.2, 0.25) is 0 Å². The summed E-state index contributed by atoms with van der Waals surface area (Å²) in [6.07, 6.45) is 1.29. The van der Waals surface area contributed by atoms with Crippen molar-refractivity contribution in [3.8, 4) is 11.5 Å². The highest BCUT2D eigenvalue weighted by atomic mass is 35.5. The molecular weight excluding hydrogens is 327 g/mol. The molecule has 2 aromatic carbocycles. The number of carbonyl (C=O) groups is 1. The number of phenols is 1. The third kappa shape index (κ3) is 4.95. The predicted molar refractivity (Wildman–Crippen MR) is 85.8 cm³/mol. The zero-order valence-electron chi connectivity index (χ0n) is 11.3. The van der Waals surface area contributed by atoms with Crippen molar-refractivity contribution in [2.75, 3.05) is 6.61 Å². The first-order valence-corrected chi connectivity index (χ1v) is 6.99. The fourth-order valence-electron chi connectivity index (χ4n) is 1.51. The third-order valence-corrected chi connectivity index (χ3v) is 3.05. The van der Waals surface area contributed by atoms with E-state index in [-0.39, 0.29) is 12.4 Å². The zero-order chi connectivity index (χ0) is 15.9. The molecule has 114 valence electrons. The maximum Gasteiger partial charge on any atom is 0.277 e. The summed E-state index contributed by atoms with van der Waals surface area (Å²) in [5, 5.41) is 14.3. The van der Waals surface area contributed by atoms with Crippen LogP contribution in [-0.4, -0.2) is 23.8 Å². The Morgan fingerprint density at radius 1 is 1.18 bits per heavy atom. The van der Waals surface area contributed by atoms with Crippen molar-refractivity contribution in [1.29, 1.82) is 0 Å². The van der Waals surface area contributed by atoms with Crippen molar-refractivity contribution in [3.63, 3.8) is 0 Å². The highest BCUT2D eigenvalue weighted by Gasteiger charge is 2.02. The van der Waals surface area contributed by atoms with Gasteiger partial charge in [-0.1, -0.05) is 23.2 Å². The maximum atomic E-state index is 11.6. The minimum atomic E-state index is -0.437. The lowest BCUT2D eigenvalue weighted by Gasteiger charge is -2.04. The van der Waals surface area contributed by atoms with Gasteiger partial charge in [0, 0.05) is 15.6 Å². The molecule has 0 saturated heterocycles. The van der Waals surface area contributed by atoms with Crippen molar-refractivity contribution in [2.24, 2.45) is 5.10 Å². The molecule has 0 spiro atoms. The summed E-state index contributed by atoms with van der Waals surface area (Å²) < 4.78 is 5.25. The smallest absolute Gasteiger partial charge is 0.277 e. The van der Waals surface area contributed by atoms with Crippen LogP contribution in [0.4, 0.5) is 0 Å². The zero-order valence-corrected chi connectivity index (χ0v) is 12.8. The molecule has 0 unspecified atom stereocenters. The lowest BCUT2D eigenvalue weighted by atomic mass is 10.2. The molecule has 0 aliphatic heterocycles. The molecule has 0 saturated carbocycles. The monoisotopic (exact) mass is 338 g/mol. The summed E-state index contributed by atoms with van der Waals surface area (Å²) in [4.78, 5) is 11.6. The molecule has 0 bridgehead atoms. The number of phenolic OH excluding ortho intramolecular Hbond substituents is 1. The number of hydrogen-bond donors (Lipinski definition) is 2. The van der Waals surface area contributed by atoms with E-state index in [2.05, 4.69) is 10.5 Å². The summed E-state index contributed by atoms with van der Waals surface area (Å²) in [5.41, 5.74) is 2.68. The molecule has 2 rings (SSSR count). The molecule has 2 aromatic rings. The Kier molecular flexibility index (Phi) is 5.63. The Morgan fingerprint density at radius 2 is 1.86 bits per heavy atom. The molecule has 0 aliphatic rings. The summed E-state index contributed by atoms with van der Waals surface area (Å²) in [7, 11) is 0. The van der Waals surface area contributed by atoms with Crippen LogP contribution in [0.25, 0.3) is 0 Å². The van der Waals surface area contributed by atoms with Crippen LogP contribution in [0.3, 0.4) is 0 Å². The minimum Gasteiger partial charge on any atom is -0.507 e. The van der Waals surface area contributed by atoms with Crippen LogP contribution in [0.15, 0.2) is 47.6 Å². The van der Waals surface area contributed by atoms with Gasteiger partial charge in [-0.2, -0.15) is 5.10 Å². The van der Waals surface area contributed by atoms with E-state index in [1.165, 1.54) is 18.3 Å². The van der Waals surface area contributed by atoms with Crippen molar-refractivity contribution >= 4 is 35.3 Å². The van der Waals surface area contributed by atoms with Gasteiger partial charge in [0.25, 0.3) is 5.91 Å². The molecule has 1 amide bonds. The Hall–Kier alpha value is -2.24. The predicted octanol–water partition coefficient (Wildman–Crippen LogP) is 3.23. The average Bonchev–Trinajstić information content (AvgIpc) is 2.50. The number of rotatable bonds is 5. The first-order valence-electron chi connectivity index (χ1n) is 6.23. The van der Waals surface area contributed by atoms with E-state index in [9.17, 15) is 9.90 Å². The molecule has 0 aromatic heterocycles. The molecule has 0 atom stereocenters. The summed E-state index contributed by atoms with van der Waals surface area (Å²) in [6, 6.07) is 11.1. The molecule has 0 fully saturated rings. The Bertz CT molecular complexity index is 688. The number of aromatic hydroxyl groups is 1. The SMILES string of the molecule is O=C(COc1ccc(Cl)cc1)N/N=C\c1cc(Cl)ccc1O. The molecular formula is C15H12Cl2N2O3. The number of hydrazone groups is 1. The number of nitrogens with zero attached hydrogens (tertiary/aromatic N) is 1. The van der Waals surface area contributed by atoms with Gasteiger partial charge in [-0.05, 0) is 42.5 Å². The molecule has 0 aliphatic carbocycles. The number of amides is 1. The Morgan fingerprint density at radius 3 is 2.59 bits per heavy atom. The van der Waals surface area contributed by atoms with Crippen LogP contribution in [0, 0.1) is 0 Å². The van der Waals surface area contributed by atoms with Crippen LogP contribution in [-0.2, 0) is 4.79 Å². The number of nitrogens with one attached hydrogen (secondary N) is 1. The fraction of sp³-hybridized carbons (Fsp3) is 0.0667. The van der Waals surface area contributed by atoms with Gasteiger partial charge in [0.05, 0.1) is 6.21 Å². The molecule has 22 heavy (non-hydrogen) atoms. The van der Waals surface area contributed by atoms with Gasteiger partial charge in [0.1, 0.15) is 11.5 Å². The van der Waals surface area contributed by atoms with E-state index in [0.29, 0.717) is 21.4 Å². The Labute approximate surface area is 137 Å². The molecule has 5 nitrogen and oxygen atoms in total. The van der Waals surface area contributed by atoms with Gasteiger partial charge < -0.3 is 9.84 Å². The second kappa shape index (κ2) is 7.68. The van der Waals surface area contributed by atoms with Crippen molar-refractivity contribution in [2.45, 2.75) is 0 Å². The highest BCUT2D eigenvalue weighted by Crippen LogP contribution is 2.19. The maximum absolute atomic E-state index is 11.6. The van der Waals surface area contributed by atoms with Crippen LogP contribution in [0.1, 0.15) is 5.56 Å². The van der Waals surface area contributed by atoms with Gasteiger partial charge in [-0.3, -0.25) is 4.79 Å². The van der Waals surface area contributed by atoms with E-state index in [4.69, 9.17) is 27.9 Å². The molecule has 0 radical (unpaired) electrons. The summed E-state index contributed by atoms with van der Waals surface area (Å²) in [5.74, 6) is 0.101. The average molecular weight is 339 g/mol. The van der Waals surface area contributed by atoms with Gasteiger partial charge in [-0.25, -0.2) is 5.43 Å². The topological polar surface area (TPSA) is 70.9 Å².